The van der Waals surface area contributed by atoms with Crippen LogP contribution in [0.1, 0.15) is 30.9 Å². The maximum atomic E-state index is 14.0. The molecule has 1 aromatic heterocycles. The van der Waals surface area contributed by atoms with Gasteiger partial charge in [0, 0.05) is 18.2 Å². The molecule has 1 heterocycles. The predicted octanol–water partition coefficient (Wildman–Crippen LogP) is 3.24. The number of nitrogens with zero attached hydrogens (tertiary/aromatic N) is 2. The van der Waals surface area contributed by atoms with Crippen molar-refractivity contribution >= 4 is 5.82 Å². The largest absolute Gasteiger partial charge is 0.384 e. The van der Waals surface area contributed by atoms with Crippen LogP contribution in [-0.2, 0) is 7.05 Å². The van der Waals surface area contributed by atoms with Crippen molar-refractivity contribution in [3.63, 3.8) is 0 Å². The molecule has 0 unspecified atom stereocenters. The number of nitrogens with two attached hydrogens (primary N) is 1. The second-order valence-electron chi connectivity index (χ2n) is 4.91. The number of aromatic nitrogens is 2. The van der Waals surface area contributed by atoms with Gasteiger partial charge in [0.15, 0.2) is 0 Å². The van der Waals surface area contributed by atoms with E-state index < -0.39 is 0 Å². The lowest BCUT2D eigenvalue weighted by molar-refractivity contribution is 0.628. The molecule has 0 saturated heterocycles. The van der Waals surface area contributed by atoms with Crippen LogP contribution < -0.4 is 5.73 Å². The van der Waals surface area contributed by atoms with E-state index in [1.54, 1.807) is 17.8 Å². The van der Waals surface area contributed by atoms with Gasteiger partial charge in [-0.2, -0.15) is 5.10 Å². The Bertz CT molecular complexity index is 585. The second kappa shape index (κ2) is 4.44. The second-order valence-corrected chi connectivity index (χ2v) is 4.91. The minimum Gasteiger partial charge on any atom is -0.384 e. The monoisotopic (exact) mass is 247 g/mol. The molecule has 0 spiro atoms. The molecule has 2 rings (SSSR count). The lowest BCUT2D eigenvalue weighted by atomic mass is 9.98. The van der Waals surface area contributed by atoms with Gasteiger partial charge < -0.3 is 5.73 Å². The molecule has 18 heavy (non-hydrogen) atoms. The number of nitrogen functional groups attached to an aromatic ring is 1. The minimum atomic E-state index is -0.255. The van der Waals surface area contributed by atoms with E-state index in [0.717, 1.165) is 11.1 Å². The predicted molar refractivity (Wildman–Crippen MR) is 71.8 cm³/mol. The van der Waals surface area contributed by atoms with Crippen molar-refractivity contribution in [1.82, 2.24) is 9.78 Å². The van der Waals surface area contributed by atoms with Gasteiger partial charge in [0.2, 0.25) is 0 Å². The summed E-state index contributed by atoms with van der Waals surface area (Å²) in [6.07, 6.45) is 0. The fraction of sp³-hybridized carbons (Fsp3) is 0.357. The van der Waals surface area contributed by atoms with Crippen LogP contribution in [0, 0.1) is 12.7 Å². The smallest absolute Gasteiger partial charge is 0.132 e. The van der Waals surface area contributed by atoms with Crippen LogP contribution in [0.25, 0.3) is 11.3 Å². The van der Waals surface area contributed by atoms with Crippen molar-refractivity contribution in [2.24, 2.45) is 7.05 Å². The maximum absolute atomic E-state index is 14.0. The van der Waals surface area contributed by atoms with Crippen molar-refractivity contribution < 1.29 is 4.39 Å². The molecular weight excluding hydrogens is 229 g/mol. The van der Waals surface area contributed by atoms with Gasteiger partial charge in [0.1, 0.15) is 17.3 Å². The highest BCUT2D eigenvalue weighted by atomic mass is 19.1. The van der Waals surface area contributed by atoms with E-state index in [2.05, 4.69) is 5.10 Å². The van der Waals surface area contributed by atoms with Gasteiger partial charge in [-0.05, 0) is 30.5 Å². The van der Waals surface area contributed by atoms with E-state index in [1.807, 2.05) is 26.8 Å². The van der Waals surface area contributed by atoms with Crippen LogP contribution in [0.15, 0.2) is 18.2 Å². The number of hydrogen-bond donors (Lipinski definition) is 1. The highest BCUT2D eigenvalue weighted by molar-refractivity contribution is 5.70. The van der Waals surface area contributed by atoms with Crippen LogP contribution in [-0.4, -0.2) is 9.78 Å². The van der Waals surface area contributed by atoms with Gasteiger partial charge in [0.05, 0.1) is 0 Å². The number of aryl methyl sites for hydroxylation is 2. The number of hydrogen-bond acceptors (Lipinski definition) is 2. The summed E-state index contributed by atoms with van der Waals surface area (Å²) in [5.41, 5.74) is 8.95. The van der Waals surface area contributed by atoms with Gasteiger partial charge in [-0.1, -0.05) is 19.9 Å². The standard InChI is InChI=1S/C14H18FN3/c1-8(2)12-13(17-18(4)14(12)16)10-6-5-9(3)7-11(10)15/h5-8H,16H2,1-4H3. The fourth-order valence-corrected chi connectivity index (χ4v) is 2.13. The van der Waals surface area contributed by atoms with E-state index in [4.69, 9.17) is 5.73 Å². The normalized spacial score (nSPS) is 11.2. The molecule has 0 atom stereocenters. The van der Waals surface area contributed by atoms with Crippen molar-refractivity contribution in [1.29, 1.82) is 0 Å². The first kappa shape index (κ1) is 12.6. The third kappa shape index (κ3) is 1.98. The summed E-state index contributed by atoms with van der Waals surface area (Å²) in [7, 11) is 1.77. The summed E-state index contributed by atoms with van der Waals surface area (Å²) in [5, 5.41) is 4.34. The first-order valence-corrected chi connectivity index (χ1v) is 6.00. The molecule has 0 amide bonds. The zero-order chi connectivity index (χ0) is 13.4. The summed E-state index contributed by atoms with van der Waals surface area (Å²) in [6.45, 7) is 5.93. The van der Waals surface area contributed by atoms with E-state index in [9.17, 15) is 4.39 Å². The van der Waals surface area contributed by atoms with Crippen molar-refractivity contribution in [2.75, 3.05) is 5.73 Å². The Kier molecular flexibility index (Phi) is 3.11. The Morgan fingerprint density at radius 2 is 2.00 bits per heavy atom. The third-order valence-electron chi connectivity index (χ3n) is 3.09. The summed E-state index contributed by atoms with van der Waals surface area (Å²) in [4.78, 5) is 0. The average molecular weight is 247 g/mol. The number of anilines is 1. The number of benzene rings is 1. The van der Waals surface area contributed by atoms with E-state index in [-0.39, 0.29) is 11.7 Å². The highest BCUT2D eigenvalue weighted by Gasteiger charge is 2.20. The molecule has 2 aromatic rings. The van der Waals surface area contributed by atoms with Crippen LogP contribution >= 0.6 is 0 Å². The number of rotatable bonds is 2. The number of halogens is 1. The van der Waals surface area contributed by atoms with E-state index in [0.29, 0.717) is 17.1 Å². The topological polar surface area (TPSA) is 43.8 Å². The lowest BCUT2D eigenvalue weighted by Crippen LogP contribution is -2.00. The molecule has 0 aliphatic rings. The van der Waals surface area contributed by atoms with Crippen molar-refractivity contribution in [2.45, 2.75) is 26.7 Å². The van der Waals surface area contributed by atoms with E-state index in [1.165, 1.54) is 6.07 Å². The quantitative estimate of drug-likeness (QED) is 0.885. The highest BCUT2D eigenvalue weighted by Crippen LogP contribution is 2.34. The molecule has 3 nitrogen and oxygen atoms in total. The zero-order valence-electron chi connectivity index (χ0n) is 11.2. The minimum absolute atomic E-state index is 0.203. The first-order valence-electron chi connectivity index (χ1n) is 6.00. The van der Waals surface area contributed by atoms with Crippen LogP contribution in [0.3, 0.4) is 0 Å². The van der Waals surface area contributed by atoms with Crippen molar-refractivity contribution in [3.05, 3.63) is 35.1 Å². The molecule has 96 valence electrons. The third-order valence-corrected chi connectivity index (χ3v) is 3.09. The summed E-state index contributed by atoms with van der Waals surface area (Å²) < 4.78 is 15.6. The fourth-order valence-electron chi connectivity index (χ4n) is 2.13. The lowest BCUT2D eigenvalue weighted by Gasteiger charge is -2.08. The first-order chi connectivity index (χ1) is 8.41. The van der Waals surface area contributed by atoms with Crippen LogP contribution in [0.5, 0.6) is 0 Å². The summed E-state index contributed by atoms with van der Waals surface area (Å²) >= 11 is 0. The molecule has 2 N–H and O–H groups in total. The molecule has 0 fully saturated rings. The van der Waals surface area contributed by atoms with Gasteiger partial charge in [-0.25, -0.2) is 4.39 Å². The molecule has 0 aliphatic heterocycles. The molecule has 0 radical (unpaired) electrons. The maximum Gasteiger partial charge on any atom is 0.132 e. The van der Waals surface area contributed by atoms with Gasteiger partial charge >= 0.3 is 0 Å². The zero-order valence-corrected chi connectivity index (χ0v) is 11.2. The molecule has 0 aliphatic carbocycles. The van der Waals surface area contributed by atoms with Gasteiger partial charge in [0.25, 0.3) is 0 Å². The Morgan fingerprint density at radius 3 is 2.56 bits per heavy atom. The Hall–Kier alpha value is -1.84. The van der Waals surface area contributed by atoms with Crippen LogP contribution in [0.4, 0.5) is 10.2 Å². The summed E-state index contributed by atoms with van der Waals surface area (Å²) in [6, 6.07) is 5.16. The van der Waals surface area contributed by atoms with Crippen LogP contribution in [0.2, 0.25) is 0 Å². The Labute approximate surface area is 106 Å². The molecule has 1 aromatic carbocycles. The molecule has 0 bridgehead atoms. The molecule has 0 saturated carbocycles. The van der Waals surface area contributed by atoms with Gasteiger partial charge in [-0.15, -0.1) is 0 Å². The Balaban J connectivity index is 2.67. The average Bonchev–Trinajstić information content (AvgIpc) is 2.55. The van der Waals surface area contributed by atoms with E-state index >= 15 is 0 Å². The van der Waals surface area contributed by atoms with Crippen molar-refractivity contribution in [3.8, 4) is 11.3 Å². The molecule has 4 heteroatoms. The van der Waals surface area contributed by atoms with Gasteiger partial charge in [-0.3, -0.25) is 4.68 Å². The Morgan fingerprint density at radius 1 is 1.33 bits per heavy atom. The summed E-state index contributed by atoms with van der Waals surface area (Å²) in [5.74, 6) is 0.546. The SMILES string of the molecule is Cc1ccc(-c2nn(C)c(N)c2C(C)C)c(F)c1. The molecular formula is C14H18FN3.